The van der Waals surface area contributed by atoms with Crippen molar-refractivity contribution in [3.8, 4) is 0 Å². The number of nitrogens with two attached hydrogens (primary N) is 1. The van der Waals surface area contributed by atoms with E-state index in [1.165, 1.54) is 0 Å². The summed E-state index contributed by atoms with van der Waals surface area (Å²) in [5.41, 5.74) is 5.93. The van der Waals surface area contributed by atoms with E-state index in [1.54, 1.807) is 0 Å². The highest BCUT2D eigenvalue weighted by atomic mass is 16.2. The molecular weight excluding hydrogens is 226 g/mol. The Morgan fingerprint density at radius 2 is 1.94 bits per heavy atom. The molecule has 4 heteroatoms. The second kappa shape index (κ2) is 6.02. The van der Waals surface area contributed by atoms with Crippen LogP contribution in [-0.4, -0.2) is 54.0 Å². The van der Waals surface area contributed by atoms with Crippen LogP contribution in [-0.2, 0) is 4.79 Å². The minimum absolute atomic E-state index is 0.335. The zero-order chi connectivity index (χ0) is 13.1. The summed E-state index contributed by atoms with van der Waals surface area (Å²) in [4.78, 5) is 16.4. The molecule has 0 aliphatic carbocycles. The van der Waals surface area contributed by atoms with Crippen LogP contribution < -0.4 is 5.73 Å². The van der Waals surface area contributed by atoms with Crippen LogP contribution in [0.25, 0.3) is 0 Å². The van der Waals surface area contributed by atoms with Gasteiger partial charge in [0.25, 0.3) is 0 Å². The average molecular weight is 253 g/mol. The molecule has 2 rings (SSSR count). The lowest BCUT2D eigenvalue weighted by Crippen LogP contribution is -2.48. The van der Waals surface area contributed by atoms with Crippen molar-refractivity contribution < 1.29 is 4.79 Å². The molecule has 0 aromatic rings. The van der Waals surface area contributed by atoms with Crippen molar-refractivity contribution >= 4 is 5.91 Å². The van der Waals surface area contributed by atoms with Crippen LogP contribution in [0.4, 0.5) is 0 Å². The summed E-state index contributed by atoms with van der Waals surface area (Å²) in [5, 5.41) is 0. The maximum Gasteiger partial charge on any atom is 0.222 e. The fraction of sp³-hybridized carbons (Fsp3) is 0.929. The maximum atomic E-state index is 11.8. The number of piperidine rings is 2. The van der Waals surface area contributed by atoms with Gasteiger partial charge in [-0.3, -0.25) is 4.79 Å². The summed E-state index contributed by atoms with van der Waals surface area (Å²) in [5.74, 6) is 0.987. The fourth-order valence-electron chi connectivity index (χ4n) is 3.09. The molecule has 2 N–H and O–H groups in total. The Balaban J connectivity index is 1.81. The molecule has 2 heterocycles. The number of likely N-dealkylation sites (tertiary alicyclic amines) is 2. The van der Waals surface area contributed by atoms with Crippen molar-refractivity contribution in [1.82, 2.24) is 9.80 Å². The van der Waals surface area contributed by atoms with E-state index in [0.717, 1.165) is 51.9 Å². The van der Waals surface area contributed by atoms with Gasteiger partial charge in [-0.05, 0) is 52.1 Å². The van der Waals surface area contributed by atoms with E-state index in [2.05, 4.69) is 18.7 Å². The molecule has 1 amide bonds. The zero-order valence-electron chi connectivity index (χ0n) is 11.8. The van der Waals surface area contributed by atoms with Gasteiger partial charge >= 0.3 is 0 Å². The van der Waals surface area contributed by atoms with E-state index in [9.17, 15) is 4.79 Å². The van der Waals surface area contributed by atoms with E-state index < -0.39 is 0 Å². The molecule has 0 aromatic heterocycles. The lowest BCUT2D eigenvalue weighted by Gasteiger charge is -2.39. The molecular formula is C14H27N3O. The van der Waals surface area contributed by atoms with Crippen LogP contribution in [0, 0.1) is 5.92 Å². The SMILES string of the molecule is CC(C)N1CC(CN2CCC(N)CC2)CCC1=O. The molecule has 0 saturated carbocycles. The molecule has 1 unspecified atom stereocenters. The molecule has 0 radical (unpaired) electrons. The molecule has 0 spiro atoms. The highest BCUT2D eigenvalue weighted by Crippen LogP contribution is 2.21. The first-order chi connectivity index (χ1) is 8.56. The molecule has 0 aromatic carbocycles. The quantitative estimate of drug-likeness (QED) is 0.818. The number of hydrogen-bond donors (Lipinski definition) is 1. The maximum absolute atomic E-state index is 11.8. The van der Waals surface area contributed by atoms with Crippen LogP contribution in [0.15, 0.2) is 0 Å². The van der Waals surface area contributed by atoms with Gasteiger partial charge in [-0.25, -0.2) is 0 Å². The van der Waals surface area contributed by atoms with Gasteiger partial charge in [0, 0.05) is 31.6 Å². The largest absolute Gasteiger partial charge is 0.340 e. The molecule has 2 aliphatic heterocycles. The molecule has 104 valence electrons. The number of rotatable bonds is 3. The summed E-state index contributed by atoms with van der Waals surface area (Å²) < 4.78 is 0. The lowest BCUT2D eigenvalue weighted by atomic mass is 9.94. The first-order valence-electron chi connectivity index (χ1n) is 7.33. The Labute approximate surface area is 110 Å². The Bertz CT molecular complexity index is 285. The third kappa shape index (κ3) is 3.45. The van der Waals surface area contributed by atoms with E-state index >= 15 is 0 Å². The number of hydrogen-bond acceptors (Lipinski definition) is 3. The van der Waals surface area contributed by atoms with Crippen LogP contribution in [0.5, 0.6) is 0 Å². The summed E-state index contributed by atoms with van der Waals surface area (Å²) in [6.45, 7) is 8.57. The predicted molar refractivity (Wildman–Crippen MR) is 73.2 cm³/mol. The lowest BCUT2D eigenvalue weighted by molar-refractivity contribution is -0.137. The molecule has 2 fully saturated rings. The van der Waals surface area contributed by atoms with E-state index in [-0.39, 0.29) is 0 Å². The topological polar surface area (TPSA) is 49.6 Å². The monoisotopic (exact) mass is 253 g/mol. The Hall–Kier alpha value is -0.610. The third-order valence-electron chi connectivity index (χ3n) is 4.31. The fourth-order valence-corrected chi connectivity index (χ4v) is 3.09. The second-order valence-electron chi connectivity index (χ2n) is 6.18. The van der Waals surface area contributed by atoms with Gasteiger partial charge < -0.3 is 15.5 Å². The van der Waals surface area contributed by atoms with Crippen molar-refractivity contribution in [1.29, 1.82) is 0 Å². The van der Waals surface area contributed by atoms with Gasteiger partial charge in [-0.2, -0.15) is 0 Å². The number of nitrogens with zero attached hydrogens (tertiary/aromatic N) is 2. The van der Waals surface area contributed by atoms with Gasteiger partial charge in [-0.1, -0.05) is 0 Å². The average Bonchev–Trinajstić information content (AvgIpc) is 2.34. The van der Waals surface area contributed by atoms with Crippen LogP contribution in [0.2, 0.25) is 0 Å². The Kier molecular flexibility index (Phi) is 4.62. The number of carbonyl (C=O) groups is 1. The first-order valence-corrected chi connectivity index (χ1v) is 7.33. The van der Waals surface area contributed by atoms with Gasteiger partial charge in [0.2, 0.25) is 5.91 Å². The van der Waals surface area contributed by atoms with Gasteiger partial charge in [0.15, 0.2) is 0 Å². The molecule has 0 bridgehead atoms. The highest BCUT2D eigenvalue weighted by molar-refractivity contribution is 5.77. The smallest absolute Gasteiger partial charge is 0.222 e. The normalized spacial score (nSPS) is 28.1. The van der Waals surface area contributed by atoms with Crippen molar-refractivity contribution in [2.75, 3.05) is 26.2 Å². The predicted octanol–water partition coefficient (Wildman–Crippen LogP) is 1.06. The van der Waals surface area contributed by atoms with E-state index in [0.29, 0.717) is 23.9 Å². The van der Waals surface area contributed by atoms with Crippen LogP contribution >= 0.6 is 0 Å². The molecule has 4 nitrogen and oxygen atoms in total. The molecule has 18 heavy (non-hydrogen) atoms. The standard InChI is InChI=1S/C14H27N3O/c1-11(2)17-10-12(3-4-14(17)18)9-16-7-5-13(15)6-8-16/h11-13H,3-10,15H2,1-2H3. The van der Waals surface area contributed by atoms with Crippen molar-refractivity contribution in [2.24, 2.45) is 11.7 Å². The number of carbonyl (C=O) groups excluding carboxylic acids is 1. The number of amides is 1. The van der Waals surface area contributed by atoms with Gasteiger partial charge in [-0.15, -0.1) is 0 Å². The molecule has 2 saturated heterocycles. The summed E-state index contributed by atoms with van der Waals surface area (Å²) >= 11 is 0. The Morgan fingerprint density at radius 1 is 1.28 bits per heavy atom. The summed E-state index contributed by atoms with van der Waals surface area (Å²) in [6.07, 6.45) is 4.04. The highest BCUT2D eigenvalue weighted by Gasteiger charge is 2.29. The summed E-state index contributed by atoms with van der Waals surface area (Å²) in [7, 11) is 0. The molecule has 2 aliphatic rings. The van der Waals surface area contributed by atoms with Crippen LogP contribution in [0.3, 0.4) is 0 Å². The van der Waals surface area contributed by atoms with E-state index in [1.807, 2.05) is 4.90 Å². The van der Waals surface area contributed by atoms with Gasteiger partial charge in [0.05, 0.1) is 0 Å². The van der Waals surface area contributed by atoms with Crippen molar-refractivity contribution in [2.45, 2.75) is 51.6 Å². The molecule has 1 atom stereocenters. The second-order valence-corrected chi connectivity index (χ2v) is 6.18. The van der Waals surface area contributed by atoms with Gasteiger partial charge in [0.1, 0.15) is 0 Å². The minimum Gasteiger partial charge on any atom is -0.340 e. The van der Waals surface area contributed by atoms with Crippen molar-refractivity contribution in [3.05, 3.63) is 0 Å². The third-order valence-corrected chi connectivity index (χ3v) is 4.31. The Morgan fingerprint density at radius 3 is 2.56 bits per heavy atom. The van der Waals surface area contributed by atoms with Crippen molar-refractivity contribution in [3.63, 3.8) is 0 Å². The van der Waals surface area contributed by atoms with E-state index in [4.69, 9.17) is 5.73 Å². The zero-order valence-corrected chi connectivity index (χ0v) is 11.8. The minimum atomic E-state index is 0.335. The van der Waals surface area contributed by atoms with Crippen LogP contribution in [0.1, 0.15) is 39.5 Å². The first kappa shape index (κ1) is 13.8. The summed E-state index contributed by atoms with van der Waals surface area (Å²) in [6, 6.07) is 0.747.